The van der Waals surface area contributed by atoms with Gasteiger partial charge in [0.15, 0.2) is 17.2 Å². The zero-order valence-corrected chi connectivity index (χ0v) is 16.5. The van der Waals surface area contributed by atoms with Gasteiger partial charge in [-0.25, -0.2) is 14.5 Å². The number of fused-ring (bicyclic) bond motifs is 1. The summed E-state index contributed by atoms with van der Waals surface area (Å²) in [5.74, 6) is 1.40. The molecule has 1 fully saturated rings. The van der Waals surface area contributed by atoms with E-state index in [2.05, 4.69) is 30.8 Å². The third kappa shape index (κ3) is 3.32. The van der Waals surface area contributed by atoms with E-state index in [1.165, 1.54) is 6.20 Å². The first-order valence-electron chi connectivity index (χ1n) is 9.57. The monoisotopic (exact) mass is 404 g/mol. The lowest BCUT2D eigenvalue weighted by Gasteiger charge is -2.12. The number of benzene rings is 1. The molecule has 0 aliphatic heterocycles. The van der Waals surface area contributed by atoms with Gasteiger partial charge in [0.05, 0.1) is 24.6 Å². The van der Waals surface area contributed by atoms with Crippen LogP contribution in [-0.2, 0) is 7.05 Å². The van der Waals surface area contributed by atoms with Gasteiger partial charge in [-0.05, 0) is 31.0 Å². The minimum absolute atomic E-state index is 0.328. The Hall–Kier alpha value is -3.95. The van der Waals surface area contributed by atoms with Crippen LogP contribution in [0.15, 0.2) is 43.0 Å². The number of hydrogen-bond acceptors (Lipinski definition) is 7. The predicted molar refractivity (Wildman–Crippen MR) is 111 cm³/mol. The molecule has 0 unspecified atom stereocenters. The molecule has 2 N–H and O–H groups in total. The van der Waals surface area contributed by atoms with Crippen molar-refractivity contribution in [3.05, 3.63) is 48.5 Å². The summed E-state index contributed by atoms with van der Waals surface area (Å²) in [6, 6.07) is 7.74. The lowest BCUT2D eigenvalue weighted by Crippen LogP contribution is -2.13. The number of anilines is 2. The number of carbonyl (C=O) groups is 1. The number of nitrogens with one attached hydrogen (secondary N) is 2. The Morgan fingerprint density at radius 1 is 1.27 bits per heavy atom. The summed E-state index contributed by atoms with van der Waals surface area (Å²) >= 11 is 0. The van der Waals surface area contributed by atoms with Crippen LogP contribution in [0.4, 0.5) is 11.5 Å². The van der Waals surface area contributed by atoms with Gasteiger partial charge in [-0.2, -0.15) is 10.2 Å². The van der Waals surface area contributed by atoms with E-state index >= 15 is 0 Å². The molecule has 5 rings (SSSR count). The normalized spacial score (nSPS) is 13.4. The Kier molecular flexibility index (Phi) is 4.31. The van der Waals surface area contributed by atoms with E-state index in [0.717, 1.165) is 18.7 Å². The second-order valence-corrected chi connectivity index (χ2v) is 7.14. The Morgan fingerprint density at radius 3 is 2.87 bits per heavy atom. The maximum atomic E-state index is 13.0. The maximum absolute atomic E-state index is 13.0. The second-order valence-electron chi connectivity index (χ2n) is 7.14. The summed E-state index contributed by atoms with van der Waals surface area (Å²) in [5, 5.41) is 14.8. The van der Waals surface area contributed by atoms with Crippen molar-refractivity contribution < 1.29 is 9.53 Å². The molecule has 1 aromatic carbocycles. The van der Waals surface area contributed by atoms with E-state index in [0.29, 0.717) is 40.1 Å². The van der Waals surface area contributed by atoms with Gasteiger partial charge in [-0.15, -0.1) is 0 Å². The molecule has 30 heavy (non-hydrogen) atoms. The zero-order chi connectivity index (χ0) is 20.7. The number of carbonyl (C=O) groups excluding carboxylic acids is 1. The molecule has 1 amide bonds. The highest BCUT2D eigenvalue weighted by Gasteiger charge is 2.23. The number of nitrogens with zero attached hydrogens (tertiary/aromatic N) is 6. The minimum atomic E-state index is -0.328. The van der Waals surface area contributed by atoms with Gasteiger partial charge >= 0.3 is 0 Å². The standard InChI is InChI=1S/C20H20N8O2/c1-27-11-21-18(26-27)13-4-3-5-15(17(13)30-2)24-20(29)14-10-22-28-9-8-16(25-19(14)28)23-12-6-7-12/h3-5,8-12H,6-7H2,1-2H3,(H,23,25)(H,24,29). The first kappa shape index (κ1) is 18.1. The number of para-hydroxylation sites is 1. The Labute approximate surface area is 171 Å². The fraction of sp³-hybridized carbons (Fsp3) is 0.250. The highest BCUT2D eigenvalue weighted by Crippen LogP contribution is 2.35. The number of amides is 1. The summed E-state index contributed by atoms with van der Waals surface area (Å²) < 4.78 is 8.76. The second kappa shape index (κ2) is 7.14. The average molecular weight is 404 g/mol. The first-order valence-corrected chi connectivity index (χ1v) is 9.57. The van der Waals surface area contributed by atoms with Crippen molar-refractivity contribution in [1.29, 1.82) is 0 Å². The fourth-order valence-electron chi connectivity index (χ4n) is 3.23. The van der Waals surface area contributed by atoms with Crippen molar-refractivity contribution in [1.82, 2.24) is 29.4 Å². The van der Waals surface area contributed by atoms with Gasteiger partial charge < -0.3 is 15.4 Å². The number of hydrogen-bond donors (Lipinski definition) is 2. The van der Waals surface area contributed by atoms with E-state index in [9.17, 15) is 4.79 Å². The smallest absolute Gasteiger partial charge is 0.261 e. The SMILES string of the molecule is COc1c(NC(=O)c2cnn3ccc(NC4CC4)nc23)cccc1-c1ncn(C)n1. The van der Waals surface area contributed by atoms with Crippen LogP contribution >= 0.6 is 0 Å². The molecule has 4 aromatic rings. The largest absolute Gasteiger partial charge is 0.494 e. The molecule has 0 spiro atoms. The Bertz CT molecular complexity index is 1240. The molecule has 0 atom stereocenters. The van der Waals surface area contributed by atoms with E-state index in [1.807, 2.05) is 18.2 Å². The van der Waals surface area contributed by atoms with Crippen LogP contribution in [0.3, 0.4) is 0 Å². The summed E-state index contributed by atoms with van der Waals surface area (Å²) in [5.41, 5.74) is 2.06. The van der Waals surface area contributed by atoms with Crippen LogP contribution in [-0.4, -0.2) is 48.4 Å². The number of aromatic nitrogens is 6. The van der Waals surface area contributed by atoms with Gasteiger partial charge in [-0.1, -0.05) is 6.07 Å². The molecular weight excluding hydrogens is 384 g/mol. The van der Waals surface area contributed by atoms with Crippen LogP contribution in [0.25, 0.3) is 17.0 Å². The van der Waals surface area contributed by atoms with Crippen LogP contribution in [0.1, 0.15) is 23.2 Å². The van der Waals surface area contributed by atoms with E-state index in [-0.39, 0.29) is 5.91 Å². The van der Waals surface area contributed by atoms with Crippen molar-refractivity contribution in [2.45, 2.75) is 18.9 Å². The van der Waals surface area contributed by atoms with Crippen LogP contribution in [0, 0.1) is 0 Å². The molecule has 3 heterocycles. The van der Waals surface area contributed by atoms with Gasteiger partial charge in [0.25, 0.3) is 5.91 Å². The van der Waals surface area contributed by atoms with Gasteiger partial charge in [0, 0.05) is 19.3 Å². The fourth-order valence-corrected chi connectivity index (χ4v) is 3.23. The lowest BCUT2D eigenvalue weighted by atomic mass is 10.1. The van der Waals surface area contributed by atoms with E-state index < -0.39 is 0 Å². The zero-order valence-electron chi connectivity index (χ0n) is 16.5. The van der Waals surface area contributed by atoms with Crippen molar-refractivity contribution in [3.63, 3.8) is 0 Å². The van der Waals surface area contributed by atoms with Gasteiger partial charge in [-0.3, -0.25) is 9.48 Å². The van der Waals surface area contributed by atoms with Gasteiger partial charge in [0.1, 0.15) is 17.7 Å². The summed E-state index contributed by atoms with van der Waals surface area (Å²) in [6.45, 7) is 0. The Balaban J connectivity index is 1.46. The summed E-state index contributed by atoms with van der Waals surface area (Å²) in [7, 11) is 3.34. The molecule has 0 radical (unpaired) electrons. The van der Waals surface area contributed by atoms with Crippen LogP contribution in [0.2, 0.25) is 0 Å². The molecule has 152 valence electrons. The predicted octanol–water partition coefficient (Wildman–Crippen LogP) is 2.36. The van der Waals surface area contributed by atoms with Crippen molar-refractivity contribution >= 4 is 23.1 Å². The molecule has 1 aliphatic carbocycles. The first-order chi connectivity index (χ1) is 14.6. The van der Waals surface area contributed by atoms with Crippen molar-refractivity contribution in [2.24, 2.45) is 7.05 Å². The molecule has 0 bridgehead atoms. The highest BCUT2D eigenvalue weighted by atomic mass is 16.5. The van der Waals surface area contributed by atoms with Crippen molar-refractivity contribution in [3.8, 4) is 17.1 Å². The summed E-state index contributed by atoms with van der Waals surface area (Å²) in [6.07, 6.45) is 7.19. The topological polar surface area (TPSA) is 111 Å². The Morgan fingerprint density at radius 2 is 2.13 bits per heavy atom. The molecular formula is C20H20N8O2. The molecule has 3 aromatic heterocycles. The van der Waals surface area contributed by atoms with Gasteiger partial charge in [0.2, 0.25) is 0 Å². The number of ether oxygens (including phenoxy) is 1. The van der Waals surface area contributed by atoms with Crippen molar-refractivity contribution in [2.75, 3.05) is 17.7 Å². The van der Waals surface area contributed by atoms with Crippen LogP contribution < -0.4 is 15.4 Å². The quantitative estimate of drug-likeness (QED) is 0.507. The number of methoxy groups -OCH3 is 1. The summed E-state index contributed by atoms with van der Waals surface area (Å²) in [4.78, 5) is 21.9. The highest BCUT2D eigenvalue weighted by molar-refractivity contribution is 6.09. The van der Waals surface area contributed by atoms with Crippen LogP contribution in [0.5, 0.6) is 5.75 Å². The minimum Gasteiger partial charge on any atom is -0.494 e. The molecule has 1 aliphatic rings. The number of aryl methyl sites for hydroxylation is 1. The average Bonchev–Trinajstić information content (AvgIpc) is 3.29. The molecule has 10 nitrogen and oxygen atoms in total. The maximum Gasteiger partial charge on any atom is 0.261 e. The molecule has 10 heteroatoms. The lowest BCUT2D eigenvalue weighted by molar-refractivity contribution is 0.102. The molecule has 1 saturated carbocycles. The number of rotatable bonds is 6. The molecule has 0 saturated heterocycles. The van der Waals surface area contributed by atoms with E-state index in [4.69, 9.17) is 4.74 Å². The third-order valence-electron chi connectivity index (χ3n) is 4.85. The third-order valence-corrected chi connectivity index (χ3v) is 4.85. The van der Waals surface area contributed by atoms with E-state index in [1.54, 1.807) is 41.9 Å².